The molecule has 0 aliphatic rings. The van der Waals surface area contributed by atoms with E-state index in [1.54, 1.807) is 4.68 Å². The van der Waals surface area contributed by atoms with Crippen LogP contribution in [0.2, 0.25) is 0 Å². The monoisotopic (exact) mass is 464 g/mol. The summed E-state index contributed by atoms with van der Waals surface area (Å²) >= 11 is 1.88. The molecule has 0 saturated carbocycles. The molecule has 0 saturated heterocycles. The number of rotatable bonds is 10. The van der Waals surface area contributed by atoms with Crippen LogP contribution < -0.4 is 10.9 Å². The second-order valence-corrected chi connectivity index (χ2v) is 8.97. The van der Waals surface area contributed by atoms with Crippen LogP contribution in [0.1, 0.15) is 25.5 Å². The van der Waals surface area contributed by atoms with Crippen LogP contribution >= 0.6 is 11.8 Å². The van der Waals surface area contributed by atoms with E-state index in [-0.39, 0.29) is 18.0 Å². The Kier molecular flexibility index (Phi) is 7.29. The summed E-state index contributed by atoms with van der Waals surface area (Å²) in [6.45, 7) is 4.43. The average Bonchev–Trinajstić information content (AvgIpc) is 3.48. The standard InChI is InChI=1S/C24H28N6O2S/c1-3-15-33-16-9-12-25-20(31)17-29-24(32)21-22(18(2)26-29)27-30(19-10-5-4-6-11-19)23(21)28-13-7-8-14-28/h4-8,10-11,13-14H,3,9,12,15-17H2,1-2H3,(H,25,31). The van der Waals surface area contributed by atoms with Crippen molar-refractivity contribution in [3.8, 4) is 11.5 Å². The molecule has 0 aliphatic carbocycles. The molecule has 0 radical (unpaired) electrons. The lowest BCUT2D eigenvalue weighted by molar-refractivity contribution is -0.121. The van der Waals surface area contributed by atoms with Crippen molar-refractivity contribution in [3.63, 3.8) is 0 Å². The summed E-state index contributed by atoms with van der Waals surface area (Å²) < 4.78 is 4.85. The van der Waals surface area contributed by atoms with Gasteiger partial charge in [0.15, 0.2) is 5.82 Å². The van der Waals surface area contributed by atoms with Gasteiger partial charge in [-0.2, -0.15) is 22.0 Å². The third kappa shape index (κ3) is 5.03. The highest BCUT2D eigenvalue weighted by Crippen LogP contribution is 2.24. The molecule has 3 aromatic heterocycles. The van der Waals surface area contributed by atoms with Crippen LogP contribution in [0.5, 0.6) is 0 Å². The maximum atomic E-state index is 13.5. The number of nitrogens with zero attached hydrogens (tertiary/aromatic N) is 5. The minimum absolute atomic E-state index is 0.126. The number of hydrogen-bond donors (Lipinski definition) is 1. The van der Waals surface area contributed by atoms with Crippen molar-refractivity contribution >= 4 is 28.6 Å². The molecule has 0 aliphatic heterocycles. The quantitative estimate of drug-likeness (QED) is 0.364. The molecular formula is C24H28N6O2S. The lowest BCUT2D eigenvalue weighted by Gasteiger charge is -2.10. The van der Waals surface area contributed by atoms with Crippen LogP contribution in [0.4, 0.5) is 0 Å². The summed E-state index contributed by atoms with van der Waals surface area (Å²) in [4.78, 5) is 26.0. The van der Waals surface area contributed by atoms with E-state index in [1.807, 2.05) is 78.1 Å². The highest BCUT2D eigenvalue weighted by atomic mass is 32.2. The summed E-state index contributed by atoms with van der Waals surface area (Å²) in [5.41, 5.74) is 1.62. The van der Waals surface area contributed by atoms with E-state index in [9.17, 15) is 9.59 Å². The van der Waals surface area contributed by atoms with Gasteiger partial charge in [0.25, 0.3) is 5.56 Å². The largest absolute Gasteiger partial charge is 0.354 e. The number of amides is 1. The molecule has 9 heteroatoms. The molecule has 8 nitrogen and oxygen atoms in total. The lowest BCUT2D eigenvalue weighted by atomic mass is 10.2. The van der Waals surface area contributed by atoms with Crippen LogP contribution in [0.15, 0.2) is 59.7 Å². The summed E-state index contributed by atoms with van der Waals surface area (Å²) in [6.07, 6.45) is 5.80. The number of hydrogen-bond acceptors (Lipinski definition) is 5. The number of nitrogens with one attached hydrogen (secondary N) is 1. The molecule has 0 atom stereocenters. The summed E-state index contributed by atoms with van der Waals surface area (Å²) in [6, 6.07) is 13.5. The van der Waals surface area contributed by atoms with Crippen LogP contribution in [-0.4, -0.2) is 48.1 Å². The van der Waals surface area contributed by atoms with Crippen LogP contribution in [0.3, 0.4) is 0 Å². The van der Waals surface area contributed by atoms with Gasteiger partial charge in [0.1, 0.15) is 17.4 Å². The van der Waals surface area contributed by atoms with Crippen molar-refractivity contribution in [2.75, 3.05) is 18.1 Å². The molecule has 0 spiro atoms. The van der Waals surface area contributed by atoms with Crippen molar-refractivity contribution in [1.82, 2.24) is 29.4 Å². The number of para-hydroxylation sites is 1. The molecule has 0 bridgehead atoms. The Morgan fingerprint density at radius 3 is 2.55 bits per heavy atom. The van der Waals surface area contributed by atoms with Gasteiger partial charge in [0.05, 0.1) is 11.4 Å². The molecule has 3 heterocycles. The SMILES string of the molecule is CCCSCCCNC(=O)Cn1nc(C)c2nn(-c3ccccc3)c(-n3cccc3)c2c1=O. The predicted molar refractivity (Wildman–Crippen MR) is 132 cm³/mol. The molecular weight excluding hydrogens is 436 g/mol. The van der Waals surface area contributed by atoms with Crippen molar-refractivity contribution in [1.29, 1.82) is 0 Å². The lowest BCUT2D eigenvalue weighted by Crippen LogP contribution is -2.34. The maximum absolute atomic E-state index is 13.5. The molecule has 1 aromatic carbocycles. The van der Waals surface area contributed by atoms with E-state index in [2.05, 4.69) is 17.3 Å². The Balaban J connectivity index is 1.67. The normalized spacial score (nSPS) is 11.2. The minimum atomic E-state index is -0.338. The highest BCUT2D eigenvalue weighted by molar-refractivity contribution is 7.99. The first-order chi connectivity index (χ1) is 16.1. The van der Waals surface area contributed by atoms with E-state index < -0.39 is 0 Å². The van der Waals surface area contributed by atoms with Gasteiger partial charge in [-0.1, -0.05) is 25.1 Å². The Labute approximate surface area is 196 Å². The number of carbonyl (C=O) groups excluding carboxylic acids is 1. The van der Waals surface area contributed by atoms with Gasteiger partial charge in [0.2, 0.25) is 5.91 Å². The van der Waals surface area contributed by atoms with Crippen molar-refractivity contribution in [3.05, 3.63) is 70.9 Å². The maximum Gasteiger partial charge on any atom is 0.280 e. The van der Waals surface area contributed by atoms with E-state index in [1.165, 1.54) is 4.68 Å². The highest BCUT2D eigenvalue weighted by Gasteiger charge is 2.22. The van der Waals surface area contributed by atoms with E-state index in [4.69, 9.17) is 5.10 Å². The van der Waals surface area contributed by atoms with Crippen molar-refractivity contribution in [2.24, 2.45) is 0 Å². The third-order valence-corrected chi connectivity index (χ3v) is 6.48. The Morgan fingerprint density at radius 2 is 1.82 bits per heavy atom. The van der Waals surface area contributed by atoms with Crippen LogP contribution in [-0.2, 0) is 11.3 Å². The fraction of sp³-hybridized carbons (Fsp3) is 0.333. The summed E-state index contributed by atoms with van der Waals surface area (Å²) in [5.74, 6) is 2.55. The van der Waals surface area contributed by atoms with Gasteiger partial charge in [-0.25, -0.2) is 9.36 Å². The minimum Gasteiger partial charge on any atom is -0.354 e. The number of aromatic nitrogens is 5. The number of carbonyl (C=O) groups is 1. The zero-order chi connectivity index (χ0) is 23.2. The fourth-order valence-corrected chi connectivity index (χ4v) is 4.51. The van der Waals surface area contributed by atoms with Crippen LogP contribution in [0, 0.1) is 6.92 Å². The smallest absolute Gasteiger partial charge is 0.280 e. The van der Waals surface area contributed by atoms with Gasteiger partial charge in [0, 0.05) is 18.9 Å². The molecule has 0 unspecified atom stereocenters. The number of aryl methyl sites for hydroxylation is 1. The summed E-state index contributed by atoms with van der Waals surface area (Å²) in [7, 11) is 0. The van der Waals surface area contributed by atoms with Crippen molar-refractivity contribution < 1.29 is 4.79 Å². The van der Waals surface area contributed by atoms with Gasteiger partial charge in [-0.3, -0.25) is 9.59 Å². The first-order valence-electron chi connectivity index (χ1n) is 11.1. The molecule has 4 rings (SSSR count). The Morgan fingerprint density at radius 1 is 1.06 bits per heavy atom. The van der Waals surface area contributed by atoms with Crippen molar-refractivity contribution in [2.45, 2.75) is 33.2 Å². The van der Waals surface area contributed by atoms with Gasteiger partial charge >= 0.3 is 0 Å². The first-order valence-corrected chi connectivity index (χ1v) is 12.3. The van der Waals surface area contributed by atoms with E-state index in [0.717, 1.165) is 30.0 Å². The molecule has 4 aromatic rings. The number of benzene rings is 1. The molecule has 172 valence electrons. The van der Waals surface area contributed by atoms with Gasteiger partial charge < -0.3 is 9.88 Å². The van der Waals surface area contributed by atoms with Gasteiger partial charge in [-0.15, -0.1) is 0 Å². The van der Waals surface area contributed by atoms with E-state index in [0.29, 0.717) is 29.0 Å². The molecule has 33 heavy (non-hydrogen) atoms. The predicted octanol–water partition coefficient (Wildman–Crippen LogP) is 3.33. The topological polar surface area (TPSA) is 86.7 Å². The third-order valence-electron chi connectivity index (χ3n) is 5.20. The summed E-state index contributed by atoms with van der Waals surface area (Å²) in [5, 5.41) is 12.4. The second-order valence-electron chi connectivity index (χ2n) is 7.75. The molecule has 1 N–H and O–H groups in total. The van der Waals surface area contributed by atoms with E-state index >= 15 is 0 Å². The molecule has 1 amide bonds. The fourth-order valence-electron chi connectivity index (χ4n) is 3.67. The van der Waals surface area contributed by atoms with Crippen LogP contribution in [0.25, 0.3) is 22.4 Å². The van der Waals surface area contributed by atoms with Gasteiger partial charge in [-0.05, 0) is 55.5 Å². The number of thioether (sulfide) groups is 1. The first kappa shape index (κ1) is 22.8. The zero-order valence-electron chi connectivity index (χ0n) is 18.9. The second kappa shape index (κ2) is 10.5. The number of fused-ring (bicyclic) bond motifs is 1. The Bertz CT molecular complexity index is 1280. The Hall–Kier alpha value is -3.33. The average molecular weight is 465 g/mol. The molecule has 0 fully saturated rings. The zero-order valence-corrected chi connectivity index (χ0v) is 19.7.